The molecule has 7 heterocycles. The van der Waals surface area contributed by atoms with Gasteiger partial charge in [-0.1, -0.05) is 41.5 Å². The third-order valence-corrected chi connectivity index (χ3v) is 22.8. The van der Waals surface area contributed by atoms with Gasteiger partial charge in [-0.2, -0.15) is 4.98 Å². The number of imidazole rings is 2. The predicted octanol–water partition coefficient (Wildman–Crippen LogP) is 4.32. The molecule has 326 valence electrons. The second-order valence-electron chi connectivity index (χ2n) is 18.0. The lowest BCUT2D eigenvalue weighted by molar-refractivity contribution is -0.0671. The maximum atomic E-state index is 14.2. The summed E-state index contributed by atoms with van der Waals surface area (Å²) in [6, 6.07) is 1.67. The zero-order valence-corrected chi connectivity index (χ0v) is 38.2. The normalized spacial score (nSPS) is 32.8. The van der Waals surface area contributed by atoms with Crippen molar-refractivity contribution < 1.29 is 55.3 Å². The Hall–Kier alpha value is -2.94. The summed E-state index contributed by atoms with van der Waals surface area (Å²) in [6.45, 7) is 18.6. The zero-order valence-electron chi connectivity index (χ0n) is 34.5. The van der Waals surface area contributed by atoms with Crippen LogP contribution >= 0.6 is 15.6 Å². The van der Waals surface area contributed by atoms with Gasteiger partial charge in [-0.3, -0.25) is 32.4 Å². The number of nitrogens with two attached hydrogens (primary N) is 2. The summed E-state index contributed by atoms with van der Waals surface area (Å²) in [5, 5.41) is -0.743. The number of rotatable bonds is 6. The van der Waals surface area contributed by atoms with E-state index in [4.69, 9.17) is 47.9 Å². The molecule has 3 saturated heterocycles. The molecule has 0 aromatic carbocycles. The third kappa shape index (κ3) is 8.50. The van der Waals surface area contributed by atoms with Crippen LogP contribution in [0.2, 0.25) is 36.3 Å². The fraction of sp³-hybridized carbons (Fsp3) is 0.667. The van der Waals surface area contributed by atoms with E-state index in [-0.39, 0.29) is 28.0 Å². The second kappa shape index (κ2) is 15.2. The van der Waals surface area contributed by atoms with E-state index < -0.39 is 105 Å². The Bertz CT molecular complexity index is 2380. The molecule has 0 saturated carbocycles. The molecule has 3 aliphatic rings. The highest BCUT2D eigenvalue weighted by Gasteiger charge is 2.58. The van der Waals surface area contributed by atoms with Gasteiger partial charge in [-0.15, -0.1) is 0 Å². The summed E-state index contributed by atoms with van der Waals surface area (Å²) in [5.74, 6) is -0.0648. The molecule has 0 radical (unpaired) electrons. The molecular formula is C33H53N9O13P2Si2. The molecule has 4 aromatic heterocycles. The number of H-pyrrole nitrogens is 1. The number of ether oxygens (including phenoxy) is 2. The SMILES string of the molecule is CC(C)(C)[Si](C)(C)O[C@@H]1[C@@H]2OP(=O)(O)OC[C@H]3O[C@@H](n4cnc5c(=O)[nH]c(N)nc54)[C@H](OP(=O)(O)OC[C@H]2O[C@H]1n1cnc2c(N)nccc21)[C@@H]3O[Si](C)(C)C(C)(C)C. The van der Waals surface area contributed by atoms with Crippen LogP contribution in [-0.2, 0) is 45.6 Å². The zero-order chi connectivity index (χ0) is 43.2. The molecule has 59 heavy (non-hydrogen) atoms. The van der Waals surface area contributed by atoms with E-state index in [1.807, 2.05) is 67.7 Å². The van der Waals surface area contributed by atoms with Gasteiger partial charge in [0, 0.05) is 6.20 Å². The van der Waals surface area contributed by atoms with E-state index in [0.29, 0.717) is 11.0 Å². The number of hydrogen-bond donors (Lipinski definition) is 5. The van der Waals surface area contributed by atoms with Gasteiger partial charge < -0.3 is 44.1 Å². The Morgan fingerprint density at radius 3 is 1.97 bits per heavy atom. The molecule has 22 nitrogen and oxygen atoms in total. The number of aromatic nitrogens is 7. The number of hydrogen-bond acceptors (Lipinski definition) is 17. The van der Waals surface area contributed by atoms with Gasteiger partial charge in [0.25, 0.3) is 5.56 Å². The first-order chi connectivity index (χ1) is 27.2. The first-order valence-corrected chi connectivity index (χ1v) is 27.8. The maximum absolute atomic E-state index is 14.2. The van der Waals surface area contributed by atoms with Gasteiger partial charge in [0.1, 0.15) is 42.1 Å². The van der Waals surface area contributed by atoms with Gasteiger partial charge in [0.2, 0.25) is 5.95 Å². The number of nitrogens with zero attached hydrogens (tertiary/aromatic N) is 6. The number of fused-ring (bicyclic) bond motifs is 5. The molecule has 0 amide bonds. The van der Waals surface area contributed by atoms with Crippen LogP contribution in [0.4, 0.5) is 11.8 Å². The van der Waals surface area contributed by atoms with Crippen molar-refractivity contribution in [3.8, 4) is 0 Å². The number of pyridine rings is 1. The van der Waals surface area contributed by atoms with Crippen molar-refractivity contribution in [2.45, 2.75) is 127 Å². The van der Waals surface area contributed by atoms with E-state index in [9.17, 15) is 23.7 Å². The standard InChI is InChI=1S/C33H53N9O13P2Si2/c1-32(2,3)58(7,8)54-23-19-14-49-56(44,45)52-22-18(13-48-57(46,47)53-24(23)29(51-19)42-16-38-21-27(42)39-31(35)40-28(21)43)50-30(25(22)55-59(9,10)33(4,5)6)41-15-37-20-17(41)11-12-36-26(20)34/h11-12,15-16,18-19,22-25,29-30H,13-14H2,1-10H3,(H2,34,36)(H,44,45)(H,46,47)(H3,35,39,40,43)/t18-,19-,22-,23-,24-,25-,29-,30-/m1/s1. The highest BCUT2D eigenvalue weighted by Crippen LogP contribution is 2.56. The number of nitrogens with one attached hydrogen (secondary N) is 1. The van der Waals surface area contributed by atoms with Crippen LogP contribution in [0, 0.1) is 0 Å². The van der Waals surface area contributed by atoms with Crippen molar-refractivity contribution >= 4 is 66.2 Å². The Balaban J connectivity index is 1.31. The molecule has 2 bridgehead atoms. The Morgan fingerprint density at radius 1 is 0.797 bits per heavy atom. The highest BCUT2D eigenvalue weighted by atomic mass is 31.2. The Labute approximate surface area is 341 Å². The van der Waals surface area contributed by atoms with Gasteiger partial charge in [-0.05, 0) is 42.3 Å². The molecule has 0 spiro atoms. The Kier molecular flexibility index (Phi) is 11.3. The van der Waals surface area contributed by atoms with Crippen LogP contribution < -0.4 is 17.0 Å². The minimum atomic E-state index is -5.13. The lowest BCUT2D eigenvalue weighted by Crippen LogP contribution is -2.50. The van der Waals surface area contributed by atoms with Gasteiger partial charge in [0.15, 0.2) is 46.1 Å². The van der Waals surface area contributed by atoms with Crippen molar-refractivity contribution in [2.24, 2.45) is 0 Å². The second-order valence-corrected chi connectivity index (χ2v) is 30.3. The Morgan fingerprint density at radius 2 is 1.34 bits per heavy atom. The number of anilines is 2. The molecule has 7 rings (SSSR count). The third-order valence-electron chi connectivity index (χ3n) is 11.9. The molecule has 26 heteroatoms. The van der Waals surface area contributed by atoms with Crippen molar-refractivity contribution in [2.75, 3.05) is 24.7 Å². The van der Waals surface area contributed by atoms with Crippen molar-refractivity contribution in [1.29, 1.82) is 0 Å². The van der Waals surface area contributed by atoms with E-state index in [2.05, 4.69) is 24.9 Å². The average Bonchev–Trinajstić information content (AvgIpc) is 3.86. The number of phosphoric ester groups is 2. The van der Waals surface area contributed by atoms with Crippen LogP contribution in [0.25, 0.3) is 22.2 Å². The van der Waals surface area contributed by atoms with Crippen molar-refractivity contribution in [3.63, 3.8) is 0 Å². The summed E-state index contributed by atoms with van der Waals surface area (Å²) in [6.07, 6.45) is -6.04. The van der Waals surface area contributed by atoms with Crippen molar-refractivity contribution in [3.05, 3.63) is 35.3 Å². The molecule has 10 atom stereocenters. The van der Waals surface area contributed by atoms with E-state index in [0.717, 1.165) is 0 Å². The van der Waals surface area contributed by atoms with E-state index >= 15 is 0 Å². The first-order valence-electron chi connectivity index (χ1n) is 19.0. The van der Waals surface area contributed by atoms with Crippen molar-refractivity contribution in [1.82, 2.24) is 34.1 Å². The average molecular weight is 902 g/mol. The first kappa shape index (κ1) is 44.1. The molecule has 4 aromatic rings. The van der Waals surface area contributed by atoms with E-state index in [1.165, 1.54) is 23.4 Å². The van der Waals surface area contributed by atoms with Gasteiger partial charge in [0.05, 0.1) is 31.4 Å². The summed E-state index contributed by atoms with van der Waals surface area (Å²) in [5.41, 5.74) is 12.1. The monoisotopic (exact) mass is 901 g/mol. The smallest absolute Gasteiger partial charge is 0.408 e. The van der Waals surface area contributed by atoms with Crippen LogP contribution in [0.5, 0.6) is 0 Å². The molecule has 3 aliphatic heterocycles. The fourth-order valence-electron chi connectivity index (χ4n) is 6.69. The highest BCUT2D eigenvalue weighted by molar-refractivity contribution is 7.47. The van der Waals surface area contributed by atoms with Crippen LogP contribution in [0.1, 0.15) is 54.0 Å². The van der Waals surface area contributed by atoms with Gasteiger partial charge >= 0.3 is 15.6 Å². The summed E-state index contributed by atoms with van der Waals surface area (Å²) in [7, 11) is -15.7. The molecular weight excluding hydrogens is 849 g/mol. The van der Waals surface area contributed by atoms with Gasteiger partial charge in [-0.25, -0.2) is 24.1 Å². The fourth-order valence-corrected chi connectivity index (χ4v) is 11.2. The summed E-state index contributed by atoms with van der Waals surface area (Å²) in [4.78, 5) is 55.2. The van der Waals surface area contributed by atoms with Crippen LogP contribution in [0.3, 0.4) is 0 Å². The topological polar surface area (TPSA) is 295 Å². The van der Waals surface area contributed by atoms with E-state index in [1.54, 1.807) is 10.6 Å². The van der Waals surface area contributed by atoms with Crippen LogP contribution in [-0.4, -0.2) is 110 Å². The summed E-state index contributed by atoms with van der Waals surface area (Å²) >= 11 is 0. The minimum absolute atomic E-state index is 0.0333. The quantitative estimate of drug-likeness (QED) is 0.133. The number of nitrogen functional groups attached to an aromatic ring is 2. The lowest BCUT2D eigenvalue weighted by atomic mass is 10.1. The molecule has 2 unspecified atom stereocenters. The molecule has 0 aliphatic carbocycles. The largest absolute Gasteiger partial charge is 0.472 e. The molecule has 7 N–H and O–H groups in total. The lowest BCUT2D eigenvalue weighted by Gasteiger charge is -2.41. The van der Waals surface area contributed by atoms with Crippen LogP contribution in [0.15, 0.2) is 29.7 Å². The molecule has 3 fully saturated rings. The predicted molar refractivity (Wildman–Crippen MR) is 218 cm³/mol. The number of phosphoric acid groups is 2. The minimum Gasteiger partial charge on any atom is -0.408 e. The summed E-state index contributed by atoms with van der Waals surface area (Å²) < 4.78 is 81.4. The number of aromatic amines is 1. The maximum Gasteiger partial charge on any atom is 0.472 e.